The van der Waals surface area contributed by atoms with Crippen molar-refractivity contribution >= 4 is 27.0 Å². The number of rotatable bonds is 6. The lowest BCUT2D eigenvalue weighted by Gasteiger charge is -2.37. The van der Waals surface area contributed by atoms with Gasteiger partial charge in [0.1, 0.15) is 0 Å². The lowest BCUT2D eigenvalue weighted by Crippen LogP contribution is -2.53. The van der Waals surface area contributed by atoms with Crippen LogP contribution in [0.25, 0.3) is 0 Å². The van der Waals surface area contributed by atoms with Crippen molar-refractivity contribution in [1.29, 1.82) is 0 Å². The van der Waals surface area contributed by atoms with E-state index in [4.69, 9.17) is 18.0 Å². The van der Waals surface area contributed by atoms with Crippen LogP contribution in [0.1, 0.15) is 20.8 Å². The Labute approximate surface area is 122 Å². The van der Waals surface area contributed by atoms with Gasteiger partial charge in [-0.1, -0.05) is 12.2 Å². The first kappa shape index (κ1) is 16.8. The molecule has 0 aromatic carbocycles. The molecular weight excluding hydrogens is 282 g/mol. The molecule has 1 heterocycles. The highest BCUT2D eigenvalue weighted by Crippen LogP contribution is 2.08. The molecule has 1 unspecified atom stereocenters. The molecular formula is C12H25N3O2S2. The number of nitrogens with zero attached hydrogens (tertiary/aromatic N) is 2. The van der Waals surface area contributed by atoms with Crippen LogP contribution in [0.5, 0.6) is 0 Å². The number of sulfone groups is 1. The highest BCUT2D eigenvalue weighted by atomic mass is 32.2. The number of piperazine rings is 1. The van der Waals surface area contributed by atoms with Crippen LogP contribution in [-0.4, -0.2) is 73.0 Å². The van der Waals surface area contributed by atoms with Crippen molar-refractivity contribution in [2.45, 2.75) is 32.1 Å². The van der Waals surface area contributed by atoms with Crippen LogP contribution in [0, 0.1) is 0 Å². The van der Waals surface area contributed by atoms with E-state index in [-0.39, 0.29) is 17.0 Å². The molecule has 5 nitrogen and oxygen atoms in total. The minimum Gasteiger partial charge on any atom is -0.392 e. The Morgan fingerprint density at radius 3 is 2.16 bits per heavy atom. The number of hydrogen-bond donors (Lipinski definition) is 1. The SMILES string of the molecule is CC(C(N)=S)N1CCN(CCS(=O)(=O)C(C)C)CC1. The van der Waals surface area contributed by atoms with Gasteiger partial charge in [0, 0.05) is 32.7 Å². The fourth-order valence-corrected chi connectivity index (χ4v) is 3.18. The lowest BCUT2D eigenvalue weighted by molar-refractivity contribution is 0.128. The van der Waals surface area contributed by atoms with Crippen LogP contribution < -0.4 is 5.73 Å². The second-order valence-corrected chi connectivity index (χ2v) is 8.52. The van der Waals surface area contributed by atoms with Gasteiger partial charge in [0.25, 0.3) is 0 Å². The summed E-state index contributed by atoms with van der Waals surface area (Å²) in [6, 6.07) is 0.122. The standard InChI is InChI=1S/C12H25N3O2S2/c1-10(2)19(16,17)9-8-14-4-6-15(7-5-14)11(3)12(13)18/h10-11H,4-9H2,1-3H3,(H2,13,18). The maximum Gasteiger partial charge on any atom is 0.153 e. The summed E-state index contributed by atoms with van der Waals surface area (Å²) in [5.74, 6) is 0.246. The van der Waals surface area contributed by atoms with Gasteiger partial charge in [-0.25, -0.2) is 8.42 Å². The average molecular weight is 307 g/mol. The molecule has 1 aliphatic rings. The van der Waals surface area contributed by atoms with Gasteiger partial charge < -0.3 is 5.73 Å². The van der Waals surface area contributed by atoms with E-state index in [2.05, 4.69) is 9.80 Å². The molecule has 0 bridgehead atoms. The van der Waals surface area contributed by atoms with Gasteiger partial charge in [0.15, 0.2) is 9.84 Å². The first-order valence-corrected chi connectivity index (χ1v) is 8.83. The molecule has 1 saturated heterocycles. The summed E-state index contributed by atoms with van der Waals surface area (Å²) in [6.45, 7) is 9.63. The van der Waals surface area contributed by atoms with Crippen molar-refractivity contribution in [1.82, 2.24) is 9.80 Å². The van der Waals surface area contributed by atoms with Crippen molar-refractivity contribution < 1.29 is 8.42 Å². The van der Waals surface area contributed by atoms with Crippen molar-refractivity contribution in [3.05, 3.63) is 0 Å². The molecule has 1 rings (SSSR count). The zero-order valence-corrected chi connectivity index (χ0v) is 13.6. The third-order valence-corrected chi connectivity index (χ3v) is 6.31. The summed E-state index contributed by atoms with van der Waals surface area (Å²) in [7, 11) is -2.94. The van der Waals surface area contributed by atoms with Gasteiger partial charge in [-0.3, -0.25) is 9.80 Å². The molecule has 112 valence electrons. The zero-order chi connectivity index (χ0) is 14.6. The summed E-state index contributed by atoms with van der Waals surface area (Å²) in [4.78, 5) is 4.97. The van der Waals surface area contributed by atoms with Gasteiger partial charge in [-0.15, -0.1) is 0 Å². The minimum absolute atomic E-state index is 0.122. The molecule has 0 amide bonds. The molecule has 0 aromatic heterocycles. The predicted molar refractivity (Wildman–Crippen MR) is 83.2 cm³/mol. The Morgan fingerprint density at radius 1 is 1.21 bits per heavy atom. The smallest absolute Gasteiger partial charge is 0.153 e. The summed E-state index contributed by atoms with van der Waals surface area (Å²) in [6.07, 6.45) is 0. The Balaban J connectivity index is 2.37. The van der Waals surface area contributed by atoms with Crippen molar-refractivity contribution in [2.75, 3.05) is 38.5 Å². The quantitative estimate of drug-likeness (QED) is 0.702. The van der Waals surface area contributed by atoms with E-state index in [0.717, 1.165) is 26.2 Å². The van der Waals surface area contributed by atoms with Crippen LogP contribution in [0.2, 0.25) is 0 Å². The molecule has 0 spiro atoms. The summed E-state index contributed by atoms with van der Waals surface area (Å²) < 4.78 is 23.5. The van der Waals surface area contributed by atoms with Gasteiger partial charge in [-0.2, -0.15) is 0 Å². The Morgan fingerprint density at radius 2 is 1.74 bits per heavy atom. The largest absolute Gasteiger partial charge is 0.392 e. The van der Waals surface area contributed by atoms with E-state index < -0.39 is 9.84 Å². The second-order valence-electron chi connectivity index (χ2n) is 5.37. The molecule has 1 fully saturated rings. The van der Waals surface area contributed by atoms with Crippen LogP contribution in [0.3, 0.4) is 0 Å². The lowest BCUT2D eigenvalue weighted by atomic mass is 10.2. The van der Waals surface area contributed by atoms with Crippen LogP contribution in [0.15, 0.2) is 0 Å². The van der Waals surface area contributed by atoms with Gasteiger partial charge >= 0.3 is 0 Å². The van der Waals surface area contributed by atoms with E-state index in [1.165, 1.54) is 0 Å². The maximum absolute atomic E-state index is 11.8. The molecule has 2 N–H and O–H groups in total. The molecule has 0 aromatic rings. The monoisotopic (exact) mass is 307 g/mol. The maximum atomic E-state index is 11.8. The minimum atomic E-state index is -2.94. The first-order valence-electron chi connectivity index (χ1n) is 6.71. The molecule has 0 radical (unpaired) electrons. The van der Waals surface area contributed by atoms with E-state index >= 15 is 0 Å². The molecule has 7 heteroatoms. The summed E-state index contributed by atoms with van der Waals surface area (Å²) in [5, 5.41) is -0.288. The van der Waals surface area contributed by atoms with Crippen molar-refractivity contribution in [2.24, 2.45) is 5.73 Å². The number of thiocarbonyl (C=S) groups is 1. The topological polar surface area (TPSA) is 66.6 Å². The van der Waals surface area contributed by atoms with Crippen LogP contribution >= 0.6 is 12.2 Å². The first-order chi connectivity index (χ1) is 8.74. The van der Waals surface area contributed by atoms with Gasteiger partial charge in [0.2, 0.25) is 0 Å². The molecule has 19 heavy (non-hydrogen) atoms. The van der Waals surface area contributed by atoms with Crippen molar-refractivity contribution in [3.63, 3.8) is 0 Å². The van der Waals surface area contributed by atoms with E-state index in [1.807, 2.05) is 6.92 Å². The summed E-state index contributed by atoms with van der Waals surface area (Å²) >= 11 is 5.00. The number of hydrogen-bond acceptors (Lipinski definition) is 5. The van der Waals surface area contributed by atoms with Crippen LogP contribution in [0.4, 0.5) is 0 Å². The fourth-order valence-electron chi connectivity index (χ4n) is 2.05. The van der Waals surface area contributed by atoms with Crippen molar-refractivity contribution in [3.8, 4) is 0 Å². The normalized spacial score (nSPS) is 20.6. The highest BCUT2D eigenvalue weighted by Gasteiger charge is 2.24. The Bertz CT molecular complexity index is 401. The van der Waals surface area contributed by atoms with E-state index in [9.17, 15) is 8.42 Å². The Hall–Kier alpha value is -0.240. The average Bonchev–Trinajstić information content (AvgIpc) is 2.36. The van der Waals surface area contributed by atoms with Gasteiger partial charge in [0.05, 0.1) is 22.0 Å². The molecule has 0 aliphatic carbocycles. The van der Waals surface area contributed by atoms with Gasteiger partial charge in [-0.05, 0) is 20.8 Å². The molecule has 1 atom stereocenters. The third kappa shape index (κ3) is 4.98. The highest BCUT2D eigenvalue weighted by molar-refractivity contribution is 7.92. The fraction of sp³-hybridized carbons (Fsp3) is 0.917. The zero-order valence-electron chi connectivity index (χ0n) is 12.0. The number of nitrogens with two attached hydrogens (primary N) is 1. The Kier molecular flexibility index (Phi) is 6.16. The molecule has 0 saturated carbocycles. The molecule has 1 aliphatic heterocycles. The van der Waals surface area contributed by atoms with E-state index in [1.54, 1.807) is 13.8 Å². The summed E-state index contributed by atoms with van der Waals surface area (Å²) in [5.41, 5.74) is 5.65. The predicted octanol–water partition coefficient (Wildman–Crippen LogP) is 0.102. The van der Waals surface area contributed by atoms with Crippen LogP contribution in [-0.2, 0) is 9.84 Å². The second kappa shape index (κ2) is 6.97. The third-order valence-electron chi connectivity index (χ3n) is 3.78. The van der Waals surface area contributed by atoms with E-state index in [0.29, 0.717) is 11.5 Å².